The summed E-state index contributed by atoms with van der Waals surface area (Å²) in [6.07, 6.45) is 1.58. The number of carbonyl (C=O) groups is 1. The van der Waals surface area contributed by atoms with E-state index in [0.717, 1.165) is 24.6 Å². The summed E-state index contributed by atoms with van der Waals surface area (Å²) >= 11 is 1.78. The van der Waals surface area contributed by atoms with E-state index in [1.807, 2.05) is 31.2 Å². The number of nitrogens with zero attached hydrogens (tertiary/aromatic N) is 1. The molecular weight excluding hydrogens is 463 g/mol. The second-order valence-electron chi connectivity index (χ2n) is 5.14. The van der Waals surface area contributed by atoms with Crippen LogP contribution in [-0.4, -0.2) is 37.3 Å². The molecule has 0 aliphatic heterocycles. The van der Waals surface area contributed by atoms with E-state index >= 15 is 0 Å². The standard InChI is InChI=1S/C18H24N4O2S.HI/c1-2-19-18(20-10-12-25-16-8-4-3-5-9-16)22-14-17(23)21-13-15-7-6-11-24-15;/h3-9,11H,2,10,12-14H2,1H3,(H,21,23)(H2,19,20,22);1H. The van der Waals surface area contributed by atoms with Crippen LogP contribution in [0.25, 0.3) is 0 Å². The number of nitrogens with one attached hydrogen (secondary N) is 3. The highest BCUT2D eigenvalue weighted by Crippen LogP contribution is 2.15. The number of halogens is 1. The minimum absolute atomic E-state index is 0. The Morgan fingerprint density at radius 1 is 1.12 bits per heavy atom. The van der Waals surface area contributed by atoms with Gasteiger partial charge in [0.1, 0.15) is 12.3 Å². The summed E-state index contributed by atoms with van der Waals surface area (Å²) in [5.74, 6) is 2.14. The van der Waals surface area contributed by atoms with Crippen LogP contribution in [0.3, 0.4) is 0 Å². The van der Waals surface area contributed by atoms with Gasteiger partial charge in [0.15, 0.2) is 5.96 Å². The Labute approximate surface area is 175 Å². The molecule has 2 aromatic rings. The first kappa shape index (κ1) is 22.4. The molecule has 2 rings (SSSR count). The summed E-state index contributed by atoms with van der Waals surface area (Å²) in [7, 11) is 0. The average Bonchev–Trinajstić information content (AvgIpc) is 3.16. The molecule has 26 heavy (non-hydrogen) atoms. The molecule has 0 aliphatic carbocycles. The van der Waals surface area contributed by atoms with E-state index in [2.05, 4.69) is 33.1 Å². The number of guanidine groups is 1. The summed E-state index contributed by atoms with van der Waals surface area (Å²) in [6, 6.07) is 13.9. The van der Waals surface area contributed by atoms with Gasteiger partial charge in [0, 0.05) is 23.7 Å². The molecule has 0 unspecified atom stereocenters. The number of furan rings is 1. The van der Waals surface area contributed by atoms with E-state index in [-0.39, 0.29) is 36.4 Å². The first-order valence-electron chi connectivity index (χ1n) is 8.27. The lowest BCUT2D eigenvalue weighted by atomic mass is 10.4. The van der Waals surface area contributed by atoms with Crippen molar-refractivity contribution in [3.05, 3.63) is 54.5 Å². The number of benzene rings is 1. The molecule has 8 heteroatoms. The number of hydrogen-bond donors (Lipinski definition) is 3. The molecule has 1 aromatic heterocycles. The van der Waals surface area contributed by atoms with Crippen LogP contribution < -0.4 is 16.0 Å². The Morgan fingerprint density at radius 2 is 1.92 bits per heavy atom. The van der Waals surface area contributed by atoms with E-state index in [9.17, 15) is 4.79 Å². The Balaban J connectivity index is 0.00000338. The molecule has 142 valence electrons. The highest BCUT2D eigenvalue weighted by molar-refractivity contribution is 14.0. The molecule has 0 radical (unpaired) electrons. The second-order valence-corrected chi connectivity index (χ2v) is 6.31. The van der Waals surface area contributed by atoms with Crippen LogP contribution in [-0.2, 0) is 11.3 Å². The van der Waals surface area contributed by atoms with Gasteiger partial charge in [0.2, 0.25) is 5.91 Å². The van der Waals surface area contributed by atoms with E-state index < -0.39 is 0 Å². The highest BCUT2D eigenvalue weighted by Gasteiger charge is 2.03. The Bertz CT molecular complexity index is 650. The number of amides is 1. The van der Waals surface area contributed by atoms with E-state index in [4.69, 9.17) is 4.42 Å². The molecule has 0 spiro atoms. The smallest absolute Gasteiger partial charge is 0.242 e. The van der Waals surface area contributed by atoms with Crippen molar-refractivity contribution in [2.24, 2.45) is 4.99 Å². The molecule has 1 amide bonds. The van der Waals surface area contributed by atoms with Crippen molar-refractivity contribution in [1.82, 2.24) is 16.0 Å². The van der Waals surface area contributed by atoms with Crippen LogP contribution in [0.2, 0.25) is 0 Å². The molecule has 0 saturated carbocycles. The van der Waals surface area contributed by atoms with Crippen molar-refractivity contribution in [2.45, 2.75) is 18.4 Å². The van der Waals surface area contributed by atoms with Gasteiger partial charge in [-0.05, 0) is 31.2 Å². The average molecular weight is 488 g/mol. The summed E-state index contributed by atoms with van der Waals surface area (Å²) in [5, 5.41) is 9.14. The maximum Gasteiger partial charge on any atom is 0.242 e. The van der Waals surface area contributed by atoms with Crippen molar-refractivity contribution in [1.29, 1.82) is 0 Å². The predicted octanol–water partition coefficient (Wildman–Crippen LogP) is 2.86. The maximum atomic E-state index is 11.8. The zero-order valence-corrected chi connectivity index (χ0v) is 17.9. The molecule has 1 aromatic carbocycles. The lowest BCUT2D eigenvalue weighted by molar-refractivity contribution is -0.119. The number of thioether (sulfide) groups is 1. The fraction of sp³-hybridized carbons (Fsp3) is 0.333. The minimum atomic E-state index is -0.146. The number of carbonyl (C=O) groups excluding carboxylic acids is 1. The van der Waals surface area contributed by atoms with Crippen molar-refractivity contribution in [3.8, 4) is 0 Å². The first-order chi connectivity index (χ1) is 12.3. The third-order valence-electron chi connectivity index (χ3n) is 3.17. The SMILES string of the molecule is CCNC(=NCC(=O)NCc1ccco1)NCCSc1ccccc1.I. The van der Waals surface area contributed by atoms with Gasteiger partial charge in [0.25, 0.3) is 0 Å². The summed E-state index contributed by atoms with van der Waals surface area (Å²) < 4.78 is 5.17. The summed E-state index contributed by atoms with van der Waals surface area (Å²) in [6.45, 7) is 3.94. The van der Waals surface area contributed by atoms with Gasteiger partial charge < -0.3 is 20.4 Å². The zero-order valence-electron chi connectivity index (χ0n) is 14.7. The highest BCUT2D eigenvalue weighted by atomic mass is 127. The zero-order chi connectivity index (χ0) is 17.7. The van der Waals surface area contributed by atoms with Crippen molar-refractivity contribution >= 4 is 47.6 Å². The first-order valence-corrected chi connectivity index (χ1v) is 9.25. The van der Waals surface area contributed by atoms with Crippen molar-refractivity contribution < 1.29 is 9.21 Å². The minimum Gasteiger partial charge on any atom is -0.467 e. The predicted molar refractivity (Wildman–Crippen MR) is 117 cm³/mol. The van der Waals surface area contributed by atoms with Crippen LogP contribution in [0.1, 0.15) is 12.7 Å². The second kappa shape index (κ2) is 13.5. The molecule has 3 N–H and O–H groups in total. The summed E-state index contributed by atoms with van der Waals surface area (Å²) in [4.78, 5) is 17.4. The van der Waals surface area contributed by atoms with E-state index in [1.54, 1.807) is 24.1 Å². The normalized spacial score (nSPS) is 10.7. The topological polar surface area (TPSA) is 78.7 Å². The van der Waals surface area contributed by atoms with Gasteiger partial charge in [-0.25, -0.2) is 4.99 Å². The van der Waals surface area contributed by atoms with Crippen molar-refractivity contribution in [2.75, 3.05) is 25.4 Å². The monoisotopic (exact) mass is 488 g/mol. The molecular formula is C18H25IN4O2S. The molecule has 0 saturated heterocycles. The van der Waals surface area contributed by atoms with E-state index in [1.165, 1.54) is 4.90 Å². The summed E-state index contributed by atoms with van der Waals surface area (Å²) in [5.41, 5.74) is 0. The maximum absolute atomic E-state index is 11.8. The fourth-order valence-electron chi connectivity index (χ4n) is 2.00. The van der Waals surface area contributed by atoms with Crippen LogP contribution in [0.5, 0.6) is 0 Å². The Kier molecular flexibility index (Phi) is 11.6. The van der Waals surface area contributed by atoms with Crippen LogP contribution in [0.4, 0.5) is 0 Å². The van der Waals surface area contributed by atoms with Gasteiger partial charge in [-0.2, -0.15) is 0 Å². The van der Waals surface area contributed by atoms with Gasteiger partial charge >= 0.3 is 0 Å². The number of rotatable bonds is 9. The van der Waals surface area contributed by atoms with Crippen molar-refractivity contribution in [3.63, 3.8) is 0 Å². The quantitative estimate of drug-likeness (QED) is 0.166. The molecule has 0 bridgehead atoms. The molecule has 0 fully saturated rings. The molecule has 1 heterocycles. The van der Waals surface area contributed by atoms with E-state index in [0.29, 0.717) is 12.5 Å². The van der Waals surface area contributed by atoms with Crippen LogP contribution in [0, 0.1) is 0 Å². The Morgan fingerprint density at radius 3 is 2.62 bits per heavy atom. The van der Waals surface area contributed by atoms with Crippen LogP contribution >= 0.6 is 35.7 Å². The molecule has 0 aliphatic rings. The largest absolute Gasteiger partial charge is 0.467 e. The van der Waals surface area contributed by atoms with Gasteiger partial charge in [-0.15, -0.1) is 35.7 Å². The number of hydrogen-bond acceptors (Lipinski definition) is 4. The molecule has 0 atom stereocenters. The lowest BCUT2D eigenvalue weighted by Gasteiger charge is -2.11. The number of aliphatic imine (C=N–C) groups is 1. The lowest BCUT2D eigenvalue weighted by Crippen LogP contribution is -2.39. The third-order valence-corrected chi connectivity index (χ3v) is 4.19. The fourth-order valence-corrected chi connectivity index (χ4v) is 2.79. The molecule has 6 nitrogen and oxygen atoms in total. The third kappa shape index (κ3) is 9.14. The van der Waals surface area contributed by atoms with Crippen LogP contribution in [0.15, 0.2) is 63.0 Å². The Hall–Kier alpha value is -1.68. The van der Waals surface area contributed by atoms with Gasteiger partial charge in [-0.3, -0.25) is 4.79 Å². The van der Waals surface area contributed by atoms with Gasteiger partial charge in [0.05, 0.1) is 12.8 Å². The van der Waals surface area contributed by atoms with Gasteiger partial charge in [-0.1, -0.05) is 18.2 Å².